The van der Waals surface area contributed by atoms with E-state index in [-0.39, 0.29) is 31.2 Å². The standard InChI is InChI=1S/C28H43N5O4.CH4/c1-20(2)19-33(22-15-21(17-29-18-22)27(34)31-11-5-6-12-31)28(35)26-30-24-10-9-23(37-4)16-25(24)32(26)13-7-8-14-36-3;/h9-10,16,20-22,29H,5-8,11-15,17-19H2,1-4H3;1H4/t21-,22+;/m1./s1. The molecule has 0 aliphatic carbocycles. The van der Waals surface area contributed by atoms with Crippen molar-refractivity contribution in [3.05, 3.63) is 24.0 Å². The SMILES string of the molecule is C.COCCCCn1c(C(=O)N(CC(C)C)[C@@H]2CNC[C@H](C(=O)N3CCCC3)C2)nc2ccc(OC)cc21. The maximum atomic E-state index is 14.2. The number of fused-ring (bicyclic) bond motifs is 1. The molecule has 0 unspecified atom stereocenters. The number of methoxy groups -OCH3 is 2. The molecule has 0 bridgehead atoms. The van der Waals surface area contributed by atoms with E-state index in [0.717, 1.165) is 55.6 Å². The van der Waals surface area contributed by atoms with E-state index in [4.69, 9.17) is 14.5 Å². The van der Waals surface area contributed by atoms with Crippen molar-refractivity contribution < 1.29 is 19.1 Å². The Labute approximate surface area is 227 Å². The Kier molecular flexibility index (Phi) is 11.0. The van der Waals surface area contributed by atoms with Crippen LogP contribution in [0.2, 0.25) is 0 Å². The number of aromatic nitrogens is 2. The number of carbonyl (C=O) groups is 2. The van der Waals surface area contributed by atoms with Crippen molar-refractivity contribution in [3.8, 4) is 5.75 Å². The highest BCUT2D eigenvalue weighted by atomic mass is 16.5. The number of aryl methyl sites for hydroxylation is 1. The number of nitrogens with one attached hydrogen (secondary N) is 1. The molecule has 38 heavy (non-hydrogen) atoms. The lowest BCUT2D eigenvalue weighted by Crippen LogP contribution is -2.55. The minimum absolute atomic E-state index is 0. The van der Waals surface area contributed by atoms with Gasteiger partial charge in [0.25, 0.3) is 5.91 Å². The zero-order chi connectivity index (χ0) is 26.4. The molecule has 2 aliphatic rings. The summed E-state index contributed by atoms with van der Waals surface area (Å²) in [5, 5.41) is 3.45. The van der Waals surface area contributed by atoms with Crippen LogP contribution >= 0.6 is 0 Å². The summed E-state index contributed by atoms with van der Waals surface area (Å²) in [5.41, 5.74) is 1.68. The summed E-state index contributed by atoms with van der Waals surface area (Å²) in [4.78, 5) is 36.2. The van der Waals surface area contributed by atoms with Crippen LogP contribution in [0.1, 0.15) is 64.0 Å². The third-order valence-corrected chi connectivity index (χ3v) is 7.48. The molecule has 212 valence electrons. The van der Waals surface area contributed by atoms with Crippen LogP contribution in [0.3, 0.4) is 0 Å². The fourth-order valence-electron chi connectivity index (χ4n) is 5.60. The van der Waals surface area contributed by atoms with Crippen LogP contribution in [0.15, 0.2) is 18.2 Å². The van der Waals surface area contributed by atoms with Crippen molar-refractivity contribution >= 4 is 22.8 Å². The third kappa shape index (κ3) is 6.86. The molecule has 9 nitrogen and oxygen atoms in total. The molecular formula is C29H47N5O4. The number of rotatable bonds is 11. The lowest BCUT2D eigenvalue weighted by atomic mass is 9.92. The van der Waals surface area contributed by atoms with Crippen LogP contribution in [-0.4, -0.2) is 90.8 Å². The summed E-state index contributed by atoms with van der Waals surface area (Å²) in [6, 6.07) is 5.69. The smallest absolute Gasteiger partial charge is 0.290 e. The predicted molar refractivity (Wildman–Crippen MR) is 151 cm³/mol. The minimum atomic E-state index is -0.101. The number of carbonyl (C=O) groups excluding carboxylic acids is 2. The van der Waals surface area contributed by atoms with Crippen LogP contribution in [0.5, 0.6) is 5.75 Å². The van der Waals surface area contributed by atoms with Gasteiger partial charge in [-0.3, -0.25) is 9.59 Å². The van der Waals surface area contributed by atoms with Gasteiger partial charge in [0, 0.05) is 65.1 Å². The van der Waals surface area contributed by atoms with E-state index in [1.54, 1.807) is 14.2 Å². The van der Waals surface area contributed by atoms with Crippen molar-refractivity contribution in [2.45, 2.75) is 66.0 Å². The van der Waals surface area contributed by atoms with Crippen molar-refractivity contribution in [1.29, 1.82) is 0 Å². The Morgan fingerprint density at radius 2 is 1.92 bits per heavy atom. The molecule has 0 radical (unpaired) electrons. The van der Waals surface area contributed by atoms with Crippen LogP contribution < -0.4 is 10.1 Å². The van der Waals surface area contributed by atoms with Gasteiger partial charge >= 0.3 is 0 Å². The maximum Gasteiger partial charge on any atom is 0.290 e. The zero-order valence-electron chi connectivity index (χ0n) is 22.9. The summed E-state index contributed by atoms with van der Waals surface area (Å²) in [7, 11) is 3.35. The predicted octanol–water partition coefficient (Wildman–Crippen LogP) is 3.81. The van der Waals surface area contributed by atoms with Crippen LogP contribution in [-0.2, 0) is 16.1 Å². The number of amides is 2. The van der Waals surface area contributed by atoms with Gasteiger partial charge in [-0.15, -0.1) is 0 Å². The van der Waals surface area contributed by atoms with Crippen molar-refractivity contribution in [1.82, 2.24) is 24.7 Å². The fourth-order valence-corrected chi connectivity index (χ4v) is 5.60. The highest BCUT2D eigenvalue weighted by Crippen LogP contribution is 2.26. The van der Waals surface area contributed by atoms with Gasteiger partial charge < -0.3 is 29.2 Å². The number of piperidine rings is 1. The molecular weight excluding hydrogens is 482 g/mol. The molecule has 9 heteroatoms. The van der Waals surface area contributed by atoms with Gasteiger partial charge in [-0.1, -0.05) is 21.3 Å². The highest BCUT2D eigenvalue weighted by Gasteiger charge is 2.37. The molecule has 1 aromatic carbocycles. The van der Waals surface area contributed by atoms with E-state index in [1.165, 1.54) is 0 Å². The number of unbranched alkanes of at least 4 members (excludes halogenated alkanes) is 1. The Balaban J connectivity index is 0.00000400. The normalized spacial score (nSPS) is 19.6. The number of hydrogen-bond acceptors (Lipinski definition) is 6. The average molecular weight is 530 g/mol. The number of hydrogen-bond donors (Lipinski definition) is 1. The molecule has 0 spiro atoms. The second-order valence-electron chi connectivity index (χ2n) is 10.8. The molecule has 3 heterocycles. The molecule has 2 atom stereocenters. The Morgan fingerprint density at radius 1 is 1.16 bits per heavy atom. The summed E-state index contributed by atoms with van der Waals surface area (Å²) >= 11 is 0. The quantitative estimate of drug-likeness (QED) is 0.446. The van der Waals surface area contributed by atoms with Gasteiger partial charge in [-0.25, -0.2) is 4.98 Å². The first kappa shape index (κ1) is 29.9. The second kappa shape index (κ2) is 13.9. The van der Waals surface area contributed by atoms with Gasteiger partial charge in [-0.2, -0.15) is 0 Å². The van der Waals surface area contributed by atoms with Crippen molar-refractivity contribution in [3.63, 3.8) is 0 Å². The van der Waals surface area contributed by atoms with Crippen LogP contribution in [0.4, 0.5) is 0 Å². The molecule has 2 aromatic rings. The second-order valence-corrected chi connectivity index (χ2v) is 10.8. The summed E-state index contributed by atoms with van der Waals surface area (Å²) < 4.78 is 12.7. The number of ether oxygens (including phenoxy) is 2. The molecule has 4 rings (SSSR count). The lowest BCUT2D eigenvalue weighted by molar-refractivity contribution is -0.135. The average Bonchev–Trinajstić information content (AvgIpc) is 3.57. The largest absolute Gasteiger partial charge is 0.497 e. The number of nitrogens with zero attached hydrogens (tertiary/aromatic N) is 4. The number of likely N-dealkylation sites (tertiary alicyclic amines) is 1. The summed E-state index contributed by atoms with van der Waals surface area (Å²) in [6.07, 6.45) is 4.62. The van der Waals surface area contributed by atoms with Crippen LogP contribution in [0.25, 0.3) is 11.0 Å². The van der Waals surface area contributed by atoms with Gasteiger partial charge in [0.2, 0.25) is 5.91 Å². The molecule has 2 saturated heterocycles. The monoisotopic (exact) mass is 529 g/mol. The van der Waals surface area contributed by atoms with Crippen LogP contribution in [0, 0.1) is 11.8 Å². The molecule has 1 aromatic heterocycles. The molecule has 0 saturated carbocycles. The Morgan fingerprint density at radius 3 is 2.61 bits per heavy atom. The first-order chi connectivity index (χ1) is 17.9. The van der Waals surface area contributed by atoms with E-state index >= 15 is 0 Å². The van der Waals surface area contributed by atoms with E-state index in [9.17, 15) is 9.59 Å². The van der Waals surface area contributed by atoms with Gasteiger partial charge in [0.15, 0.2) is 5.82 Å². The fraction of sp³-hybridized carbons (Fsp3) is 0.690. The van der Waals surface area contributed by atoms with E-state index < -0.39 is 0 Å². The van der Waals surface area contributed by atoms with Crippen molar-refractivity contribution in [2.75, 3.05) is 53.6 Å². The maximum absolute atomic E-state index is 14.2. The molecule has 2 fully saturated rings. The highest BCUT2D eigenvalue weighted by molar-refractivity contribution is 5.95. The van der Waals surface area contributed by atoms with Gasteiger partial charge in [-0.05, 0) is 50.2 Å². The first-order valence-electron chi connectivity index (χ1n) is 13.8. The third-order valence-electron chi connectivity index (χ3n) is 7.48. The molecule has 1 N–H and O–H groups in total. The minimum Gasteiger partial charge on any atom is -0.497 e. The first-order valence-corrected chi connectivity index (χ1v) is 13.8. The van der Waals surface area contributed by atoms with Gasteiger partial charge in [0.05, 0.1) is 24.1 Å². The topological polar surface area (TPSA) is 88.9 Å². The Bertz CT molecular complexity index is 1060. The van der Waals surface area contributed by atoms with Crippen molar-refractivity contribution in [2.24, 2.45) is 11.8 Å². The number of benzene rings is 1. The van der Waals surface area contributed by atoms with E-state index in [0.29, 0.717) is 50.9 Å². The molecule has 2 amide bonds. The summed E-state index contributed by atoms with van der Waals surface area (Å²) in [6.45, 7) is 9.28. The Hall–Kier alpha value is -2.65. The molecule has 2 aliphatic heterocycles. The zero-order valence-corrected chi connectivity index (χ0v) is 22.9. The number of imidazole rings is 1. The van der Waals surface area contributed by atoms with E-state index in [1.807, 2.05) is 32.6 Å². The summed E-state index contributed by atoms with van der Waals surface area (Å²) in [5.74, 6) is 1.54. The van der Waals surface area contributed by atoms with E-state index in [2.05, 4.69) is 19.2 Å². The van der Waals surface area contributed by atoms with Gasteiger partial charge in [0.1, 0.15) is 5.75 Å². The lowest BCUT2D eigenvalue weighted by Gasteiger charge is -2.39.